The molecule has 0 heterocycles. The number of aliphatic carboxylic acids is 1. The van der Waals surface area contributed by atoms with E-state index in [1.165, 1.54) is 6.92 Å². The van der Waals surface area contributed by atoms with E-state index in [1.54, 1.807) is 13.8 Å². The summed E-state index contributed by atoms with van der Waals surface area (Å²) >= 11 is 4.14. The van der Waals surface area contributed by atoms with Crippen LogP contribution in [-0.4, -0.2) is 101 Å². The van der Waals surface area contributed by atoms with Crippen LogP contribution in [0.4, 0.5) is 0 Å². The predicted molar refractivity (Wildman–Crippen MR) is 166 cm³/mol. The zero-order chi connectivity index (χ0) is 34.9. The highest BCUT2D eigenvalue weighted by atomic mass is 32.1. The van der Waals surface area contributed by atoms with Crippen molar-refractivity contribution >= 4 is 59.9 Å². The van der Waals surface area contributed by atoms with Crippen LogP contribution in [0, 0.1) is 11.8 Å². The zero-order valence-corrected chi connectivity index (χ0v) is 27.2. The number of carbonyl (C=O) groups excluding carboxylic acids is 7. The quantitative estimate of drug-likeness (QED) is 0.0553. The van der Waals surface area contributed by atoms with Crippen molar-refractivity contribution in [3.05, 3.63) is 0 Å². The number of nitrogens with one attached hydrogen (secondary N) is 6. The van der Waals surface area contributed by atoms with Crippen molar-refractivity contribution in [2.24, 2.45) is 23.3 Å². The molecule has 0 rings (SSSR count). The van der Waals surface area contributed by atoms with Crippen LogP contribution in [0.3, 0.4) is 0 Å². The zero-order valence-electron chi connectivity index (χ0n) is 26.3. The van der Waals surface area contributed by atoms with E-state index in [0.717, 1.165) is 0 Å². The van der Waals surface area contributed by atoms with E-state index in [0.29, 0.717) is 0 Å². The van der Waals surface area contributed by atoms with Gasteiger partial charge in [-0.2, -0.15) is 12.6 Å². The van der Waals surface area contributed by atoms with Crippen molar-refractivity contribution in [1.29, 1.82) is 0 Å². The minimum Gasteiger partial charge on any atom is -0.480 e. The smallest absolute Gasteiger partial charge is 0.325 e. The van der Waals surface area contributed by atoms with Gasteiger partial charge in [0.1, 0.15) is 24.2 Å². The monoisotopic (exact) mass is 660 g/mol. The summed E-state index contributed by atoms with van der Waals surface area (Å²) in [5.74, 6) is -6.40. The lowest BCUT2D eigenvalue weighted by atomic mass is 10.0. The second-order valence-corrected chi connectivity index (χ2v) is 11.7. The summed E-state index contributed by atoms with van der Waals surface area (Å²) in [7, 11) is 0. The van der Waals surface area contributed by atoms with Crippen molar-refractivity contribution in [2.75, 3.05) is 18.8 Å². The van der Waals surface area contributed by atoms with Gasteiger partial charge in [0.05, 0.1) is 19.1 Å². The van der Waals surface area contributed by atoms with Crippen molar-refractivity contribution < 1.29 is 43.5 Å². The van der Waals surface area contributed by atoms with E-state index in [4.69, 9.17) is 16.6 Å². The number of carboxylic acids is 1. The average molecular weight is 661 g/mol. The number of thiol groups is 1. The summed E-state index contributed by atoms with van der Waals surface area (Å²) in [6.45, 7) is 7.50. The molecule has 18 heteroatoms. The predicted octanol–water partition coefficient (Wildman–Crippen LogP) is -3.12. The van der Waals surface area contributed by atoms with Gasteiger partial charge in [-0.05, 0) is 38.0 Å². The molecule has 45 heavy (non-hydrogen) atoms. The first-order valence-corrected chi connectivity index (χ1v) is 15.1. The minimum absolute atomic E-state index is 0.000158. The van der Waals surface area contributed by atoms with Crippen LogP contribution in [0.25, 0.3) is 0 Å². The summed E-state index contributed by atoms with van der Waals surface area (Å²) < 4.78 is 0. The normalized spacial score (nSPS) is 14.2. The maximum absolute atomic E-state index is 13.1. The van der Waals surface area contributed by atoms with E-state index in [-0.39, 0.29) is 43.3 Å². The highest BCUT2D eigenvalue weighted by molar-refractivity contribution is 7.80. The van der Waals surface area contributed by atoms with Crippen LogP contribution in [0.15, 0.2) is 0 Å². The van der Waals surface area contributed by atoms with E-state index >= 15 is 0 Å². The van der Waals surface area contributed by atoms with Gasteiger partial charge in [-0.15, -0.1) is 0 Å². The van der Waals surface area contributed by atoms with Gasteiger partial charge in [0.2, 0.25) is 41.4 Å². The maximum atomic E-state index is 13.1. The third-order valence-corrected chi connectivity index (χ3v) is 6.52. The first-order valence-electron chi connectivity index (χ1n) is 14.5. The summed E-state index contributed by atoms with van der Waals surface area (Å²) in [5, 5.41) is 23.5. The molecule has 0 spiro atoms. The standard InChI is InChI=1S/C27H48N8O9S/c1-13(2)8-17(33-22(38)11-30-21(37)10-31-23(39)16(28)6-7-20(29)36)25(41)35-19(12-45)26(42)34-18(9-14(3)4)24(40)32-15(5)27(43)44/h13-19,45H,6-12,28H2,1-5H3,(H2,29,36)(H,30,37)(H,31,39)(H,32,40)(H,33,38)(H,34,42)(H,35,41)(H,43,44)/t15-,16-,17-,18-,19-/m0/s1. The molecule has 5 atom stereocenters. The molecule has 11 N–H and O–H groups in total. The molecule has 0 saturated carbocycles. The van der Waals surface area contributed by atoms with Gasteiger partial charge in [0.25, 0.3) is 0 Å². The molecule has 0 aliphatic heterocycles. The molecule has 0 aromatic rings. The molecule has 256 valence electrons. The average Bonchev–Trinajstić information content (AvgIpc) is 2.94. The van der Waals surface area contributed by atoms with Crippen molar-refractivity contribution in [1.82, 2.24) is 31.9 Å². The molecule has 0 aromatic heterocycles. The number of carboxylic acid groups (broad SMARTS) is 1. The Labute approximate surface area is 267 Å². The number of nitrogens with two attached hydrogens (primary N) is 2. The Morgan fingerprint density at radius 2 is 1.13 bits per heavy atom. The Kier molecular flexibility index (Phi) is 19.1. The van der Waals surface area contributed by atoms with Crippen LogP contribution in [0.2, 0.25) is 0 Å². The number of primary amides is 1. The van der Waals surface area contributed by atoms with Crippen molar-refractivity contribution in [2.45, 2.75) is 90.5 Å². The Balaban J connectivity index is 5.22. The number of hydrogen-bond donors (Lipinski definition) is 10. The van der Waals surface area contributed by atoms with Gasteiger partial charge in [-0.1, -0.05) is 27.7 Å². The Bertz CT molecular complexity index is 1070. The molecule has 0 aliphatic carbocycles. The summed E-state index contributed by atoms with van der Waals surface area (Å²) in [6, 6.07) is -5.62. The van der Waals surface area contributed by atoms with Gasteiger partial charge in [0, 0.05) is 12.2 Å². The van der Waals surface area contributed by atoms with Gasteiger partial charge in [-0.3, -0.25) is 38.4 Å². The largest absolute Gasteiger partial charge is 0.480 e. The fourth-order valence-corrected chi connectivity index (χ4v) is 3.99. The minimum atomic E-state index is -1.25. The molecule has 0 fully saturated rings. The molecule has 0 saturated heterocycles. The fraction of sp³-hybridized carbons (Fsp3) is 0.704. The first kappa shape index (κ1) is 41.1. The van der Waals surface area contributed by atoms with Crippen LogP contribution in [-0.2, 0) is 38.4 Å². The highest BCUT2D eigenvalue weighted by Gasteiger charge is 2.30. The van der Waals surface area contributed by atoms with Gasteiger partial charge in [0.15, 0.2) is 0 Å². The van der Waals surface area contributed by atoms with Gasteiger partial charge < -0.3 is 48.5 Å². The Morgan fingerprint density at radius 1 is 0.667 bits per heavy atom. The number of carbonyl (C=O) groups is 8. The summed E-state index contributed by atoms with van der Waals surface area (Å²) in [6.07, 6.45) is 0.271. The molecule has 0 aromatic carbocycles. The molecule has 7 amide bonds. The Hall–Kier alpha value is -3.93. The van der Waals surface area contributed by atoms with Gasteiger partial charge >= 0.3 is 5.97 Å². The van der Waals surface area contributed by atoms with Crippen molar-refractivity contribution in [3.8, 4) is 0 Å². The molecule has 17 nitrogen and oxygen atoms in total. The lowest BCUT2D eigenvalue weighted by Crippen LogP contribution is -2.58. The topological polar surface area (TPSA) is 281 Å². The molecular formula is C27H48N8O9S. The van der Waals surface area contributed by atoms with Crippen LogP contribution in [0.1, 0.15) is 60.3 Å². The van der Waals surface area contributed by atoms with Gasteiger partial charge in [-0.25, -0.2) is 0 Å². The summed E-state index contributed by atoms with van der Waals surface area (Å²) in [5.41, 5.74) is 10.6. The third kappa shape index (κ3) is 17.8. The Morgan fingerprint density at radius 3 is 1.62 bits per heavy atom. The molecular weight excluding hydrogens is 612 g/mol. The molecule has 0 radical (unpaired) electrons. The van der Waals surface area contributed by atoms with E-state index in [1.807, 2.05) is 13.8 Å². The maximum Gasteiger partial charge on any atom is 0.325 e. The van der Waals surface area contributed by atoms with Crippen LogP contribution >= 0.6 is 12.6 Å². The van der Waals surface area contributed by atoms with Crippen LogP contribution < -0.4 is 43.4 Å². The van der Waals surface area contributed by atoms with E-state index in [9.17, 15) is 38.4 Å². The molecule has 0 unspecified atom stereocenters. The SMILES string of the molecule is CC(C)C[C@H](NC(=O)CNC(=O)CNC(=O)[C@@H](N)CCC(N)=O)C(=O)N[C@@H](CS)C(=O)N[C@@H](CC(C)C)C(=O)N[C@@H](C)C(=O)O. The number of hydrogen-bond acceptors (Lipinski definition) is 10. The first-order chi connectivity index (χ1) is 20.9. The van der Waals surface area contributed by atoms with Crippen molar-refractivity contribution in [3.63, 3.8) is 0 Å². The van der Waals surface area contributed by atoms with E-state index in [2.05, 4.69) is 44.5 Å². The van der Waals surface area contributed by atoms with Crippen LogP contribution in [0.5, 0.6) is 0 Å². The molecule has 0 bridgehead atoms. The summed E-state index contributed by atoms with van der Waals surface area (Å²) in [4.78, 5) is 97.3. The second-order valence-electron chi connectivity index (χ2n) is 11.4. The lowest BCUT2D eigenvalue weighted by molar-refractivity contribution is -0.142. The highest BCUT2D eigenvalue weighted by Crippen LogP contribution is 2.08. The molecule has 0 aliphatic rings. The lowest BCUT2D eigenvalue weighted by Gasteiger charge is -2.26. The number of amides is 7. The van der Waals surface area contributed by atoms with E-state index < -0.39 is 90.6 Å². The third-order valence-electron chi connectivity index (χ3n) is 6.15. The fourth-order valence-electron chi connectivity index (χ4n) is 3.73. The number of rotatable bonds is 21. The second kappa shape index (κ2) is 20.9.